The van der Waals surface area contributed by atoms with E-state index >= 15 is 0 Å². The van der Waals surface area contributed by atoms with E-state index in [9.17, 15) is 4.79 Å². The van der Waals surface area contributed by atoms with Gasteiger partial charge in [0.15, 0.2) is 0 Å². The molecule has 2 bridgehead atoms. The van der Waals surface area contributed by atoms with Crippen molar-refractivity contribution >= 4 is 5.97 Å². The first-order valence-electron chi connectivity index (χ1n) is 7.58. The molecule has 3 aliphatic rings. The summed E-state index contributed by atoms with van der Waals surface area (Å²) in [5.41, 5.74) is 0.0429. The Bertz CT molecular complexity index is 380. The third-order valence-corrected chi connectivity index (χ3v) is 5.81. The Morgan fingerprint density at radius 2 is 2.00 bits per heavy atom. The lowest BCUT2D eigenvalue weighted by atomic mass is 9.62. The topological polar surface area (TPSA) is 50.4 Å². The molecule has 0 radical (unpaired) electrons. The van der Waals surface area contributed by atoms with Gasteiger partial charge in [-0.15, -0.1) is 0 Å². The van der Waals surface area contributed by atoms with E-state index < -0.39 is 0 Å². The number of rotatable bonds is 2. The van der Waals surface area contributed by atoms with E-state index in [1.807, 2.05) is 0 Å². The Hall–Kier alpha value is -0.610. The highest BCUT2D eigenvalue weighted by Crippen LogP contribution is 2.55. The van der Waals surface area contributed by atoms with Crippen LogP contribution in [0.4, 0.5) is 0 Å². The summed E-state index contributed by atoms with van der Waals surface area (Å²) in [6.07, 6.45) is 4.72. The normalized spacial score (nSPS) is 49.3. The quantitative estimate of drug-likeness (QED) is 0.740. The first kappa shape index (κ1) is 13.4. The van der Waals surface area contributed by atoms with Crippen molar-refractivity contribution in [2.24, 2.45) is 17.8 Å². The Balaban J connectivity index is 1.92. The van der Waals surface area contributed by atoms with Crippen LogP contribution in [0.15, 0.2) is 0 Å². The summed E-state index contributed by atoms with van der Waals surface area (Å²) in [7, 11) is 1.52. The van der Waals surface area contributed by atoms with Gasteiger partial charge in [-0.1, -0.05) is 0 Å². The average molecular weight is 266 g/mol. The number of carbonyl (C=O) groups excluding carboxylic acids is 1. The Labute approximate surface area is 115 Å². The van der Waals surface area contributed by atoms with Crippen LogP contribution in [0.5, 0.6) is 0 Å². The largest absolute Gasteiger partial charge is 0.469 e. The molecule has 4 heteroatoms. The molecule has 5 atom stereocenters. The molecule has 0 aliphatic carbocycles. The first-order chi connectivity index (χ1) is 9.00. The van der Waals surface area contributed by atoms with Crippen molar-refractivity contribution in [1.82, 2.24) is 10.6 Å². The lowest BCUT2D eigenvalue weighted by Crippen LogP contribution is -2.50. The molecule has 0 saturated carbocycles. The van der Waals surface area contributed by atoms with Crippen molar-refractivity contribution in [1.29, 1.82) is 0 Å². The standard InChI is InChI=1S/C15H26N2O2/c1-14-6-7-15(2,17-14)12(13(18)19-3)11(14)10-5-4-8-16-9-10/h10-12,16-17H,4-9H2,1-3H3/t10?,11?,12?,14-,15+/m1/s1. The minimum atomic E-state index is -0.0655. The van der Waals surface area contributed by atoms with Crippen LogP contribution < -0.4 is 10.6 Å². The molecule has 19 heavy (non-hydrogen) atoms. The van der Waals surface area contributed by atoms with Crippen molar-refractivity contribution in [2.45, 2.75) is 50.6 Å². The van der Waals surface area contributed by atoms with Crippen LogP contribution in [-0.4, -0.2) is 37.2 Å². The summed E-state index contributed by atoms with van der Waals surface area (Å²) in [5, 5.41) is 7.26. The van der Waals surface area contributed by atoms with Crippen LogP contribution >= 0.6 is 0 Å². The predicted molar refractivity (Wildman–Crippen MR) is 73.8 cm³/mol. The first-order valence-corrected chi connectivity index (χ1v) is 7.58. The van der Waals surface area contributed by atoms with Crippen molar-refractivity contribution in [3.63, 3.8) is 0 Å². The van der Waals surface area contributed by atoms with E-state index in [0.29, 0.717) is 11.8 Å². The number of hydrogen-bond donors (Lipinski definition) is 2. The minimum Gasteiger partial charge on any atom is -0.469 e. The van der Waals surface area contributed by atoms with Gasteiger partial charge in [-0.3, -0.25) is 4.79 Å². The highest BCUT2D eigenvalue weighted by Gasteiger charge is 2.65. The number of carbonyl (C=O) groups is 1. The van der Waals surface area contributed by atoms with Gasteiger partial charge in [-0.2, -0.15) is 0 Å². The maximum absolute atomic E-state index is 12.3. The predicted octanol–water partition coefficient (Wildman–Crippen LogP) is 1.31. The van der Waals surface area contributed by atoms with Crippen molar-refractivity contribution in [2.75, 3.05) is 20.2 Å². The lowest BCUT2D eigenvalue weighted by molar-refractivity contribution is -0.151. The molecule has 0 aromatic heterocycles. The van der Waals surface area contributed by atoms with Crippen molar-refractivity contribution in [3.05, 3.63) is 0 Å². The second-order valence-electron chi connectivity index (χ2n) is 7.09. The molecule has 3 saturated heterocycles. The zero-order valence-electron chi connectivity index (χ0n) is 12.3. The fraction of sp³-hybridized carbons (Fsp3) is 0.933. The number of piperidine rings is 1. The van der Waals surface area contributed by atoms with Crippen molar-refractivity contribution < 1.29 is 9.53 Å². The summed E-state index contributed by atoms with van der Waals surface area (Å²) < 4.78 is 5.12. The van der Waals surface area contributed by atoms with Gasteiger partial charge in [0.1, 0.15) is 0 Å². The van der Waals surface area contributed by atoms with E-state index in [-0.39, 0.29) is 23.0 Å². The summed E-state index contributed by atoms with van der Waals surface area (Å²) in [4.78, 5) is 12.3. The molecule has 0 aromatic rings. The van der Waals surface area contributed by atoms with Gasteiger partial charge in [-0.25, -0.2) is 0 Å². The van der Waals surface area contributed by atoms with E-state index in [1.54, 1.807) is 0 Å². The summed E-state index contributed by atoms with van der Waals surface area (Å²) in [5.74, 6) is 0.999. The van der Waals surface area contributed by atoms with Crippen molar-refractivity contribution in [3.8, 4) is 0 Å². The number of ether oxygens (including phenoxy) is 1. The van der Waals surface area contributed by atoms with Gasteiger partial charge < -0.3 is 15.4 Å². The number of esters is 1. The zero-order valence-corrected chi connectivity index (χ0v) is 12.3. The molecule has 4 nitrogen and oxygen atoms in total. The molecule has 3 fully saturated rings. The summed E-state index contributed by atoms with van der Waals surface area (Å²) >= 11 is 0. The van der Waals surface area contributed by atoms with Gasteiger partial charge in [0.05, 0.1) is 13.0 Å². The number of fused-ring (bicyclic) bond motifs is 2. The average Bonchev–Trinajstić information content (AvgIpc) is 2.85. The molecule has 3 unspecified atom stereocenters. The monoisotopic (exact) mass is 266 g/mol. The van der Waals surface area contributed by atoms with Gasteiger partial charge in [0.2, 0.25) is 0 Å². The second kappa shape index (κ2) is 4.45. The van der Waals surface area contributed by atoms with Crippen LogP contribution in [0, 0.1) is 17.8 Å². The van der Waals surface area contributed by atoms with Crippen LogP contribution in [-0.2, 0) is 9.53 Å². The van der Waals surface area contributed by atoms with Gasteiger partial charge in [0, 0.05) is 11.1 Å². The second-order valence-corrected chi connectivity index (χ2v) is 7.09. The van der Waals surface area contributed by atoms with Gasteiger partial charge in [0.25, 0.3) is 0 Å². The minimum absolute atomic E-state index is 0.0150. The van der Waals surface area contributed by atoms with Crippen LogP contribution in [0.2, 0.25) is 0 Å². The fourth-order valence-corrected chi connectivity index (χ4v) is 5.06. The molecule has 3 aliphatic heterocycles. The highest BCUT2D eigenvalue weighted by atomic mass is 16.5. The molecule has 0 amide bonds. The molecule has 0 spiro atoms. The Morgan fingerprint density at radius 3 is 2.63 bits per heavy atom. The fourth-order valence-electron chi connectivity index (χ4n) is 5.06. The maximum Gasteiger partial charge on any atom is 0.310 e. The Morgan fingerprint density at radius 1 is 1.26 bits per heavy atom. The maximum atomic E-state index is 12.3. The van der Waals surface area contributed by atoms with Crippen LogP contribution in [0.1, 0.15) is 39.5 Å². The van der Waals surface area contributed by atoms with E-state index in [1.165, 1.54) is 26.4 Å². The van der Waals surface area contributed by atoms with E-state index in [2.05, 4.69) is 24.5 Å². The number of nitrogens with one attached hydrogen (secondary N) is 2. The van der Waals surface area contributed by atoms with Gasteiger partial charge >= 0.3 is 5.97 Å². The van der Waals surface area contributed by atoms with E-state index in [0.717, 1.165) is 19.5 Å². The number of methoxy groups -OCH3 is 1. The molecular weight excluding hydrogens is 240 g/mol. The summed E-state index contributed by atoms with van der Waals surface area (Å²) in [6, 6.07) is 0. The Kier molecular flexibility index (Phi) is 3.13. The molecule has 3 rings (SSSR count). The SMILES string of the molecule is COC(=O)C1C(C2CCCNC2)[C@@]2(C)CC[C@]1(C)N2. The summed E-state index contributed by atoms with van der Waals surface area (Å²) in [6.45, 7) is 6.68. The lowest BCUT2D eigenvalue weighted by Gasteiger charge is -2.42. The number of hydrogen-bond acceptors (Lipinski definition) is 4. The molecule has 108 valence electrons. The molecular formula is C15H26N2O2. The van der Waals surface area contributed by atoms with Crippen LogP contribution in [0.25, 0.3) is 0 Å². The molecule has 0 aromatic carbocycles. The zero-order chi connectivity index (χ0) is 13.7. The third kappa shape index (κ3) is 1.91. The molecule has 2 N–H and O–H groups in total. The smallest absolute Gasteiger partial charge is 0.310 e. The van der Waals surface area contributed by atoms with Gasteiger partial charge in [-0.05, 0) is 64.5 Å². The third-order valence-electron chi connectivity index (χ3n) is 5.81. The highest BCUT2D eigenvalue weighted by molar-refractivity contribution is 5.76. The van der Waals surface area contributed by atoms with Crippen LogP contribution in [0.3, 0.4) is 0 Å². The molecule has 3 heterocycles. The van der Waals surface area contributed by atoms with E-state index in [4.69, 9.17) is 4.74 Å².